The van der Waals surface area contributed by atoms with E-state index in [0.717, 1.165) is 32.7 Å². The maximum absolute atomic E-state index is 13.5. The number of amides is 1. The number of hydrogen-bond donors (Lipinski definition) is 1. The Morgan fingerprint density at radius 3 is 2.73 bits per heavy atom. The van der Waals surface area contributed by atoms with Gasteiger partial charge in [-0.15, -0.1) is 0 Å². The number of fused-ring (bicyclic) bond motifs is 2. The van der Waals surface area contributed by atoms with Crippen molar-refractivity contribution in [3.63, 3.8) is 0 Å². The topological polar surface area (TPSA) is 79.7 Å². The molecule has 2 aliphatic rings. The van der Waals surface area contributed by atoms with Crippen molar-refractivity contribution < 1.29 is 19.4 Å². The zero-order valence-corrected chi connectivity index (χ0v) is 22.0. The van der Waals surface area contributed by atoms with E-state index < -0.39 is 17.7 Å². The van der Waals surface area contributed by atoms with Gasteiger partial charge in [0.05, 0.1) is 21.8 Å². The Morgan fingerprint density at radius 2 is 1.95 bits per heavy atom. The highest BCUT2D eigenvalue weighted by atomic mass is 35.5. The van der Waals surface area contributed by atoms with Gasteiger partial charge in [0.25, 0.3) is 5.78 Å². The number of aryl methyl sites for hydroxylation is 2. The van der Waals surface area contributed by atoms with Crippen LogP contribution >= 0.6 is 22.9 Å². The molecule has 186 valence electrons. The number of hydrogen-bond acceptors (Lipinski definition) is 6. The SMILES string of the molecule is Cc1cc(C)c2nc(N3C(=O)C(=O)/C(=C(/O)c4ccc5c(c4)C[C@@H](C)O5)[C@H]3c3cccc(Cl)c3)sc2c1. The van der Waals surface area contributed by atoms with Gasteiger partial charge in [0.1, 0.15) is 17.6 Å². The Morgan fingerprint density at radius 1 is 1.14 bits per heavy atom. The second-order valence-corrected chi connectivity index (χ2v) is 11.0. The van der Waals surface area contributed by atoms with Gasteiger partial charge in [-0.2, -0.15) is 0 Å². The van der Waals surface area contributed by atoms with Crippen LogP contribution in [-0.2, 0) is 16.0 Å². The van der Waals surface area contributed by atoms with Crippen LogP contribution in [0.4, 0.5) is 5.13 Å². The molecule has 2 aliphatic heterocycles. The van der Waals surface area contributed by atoms with Gasteiger partial charge in [-0.3, -0.25) is 14.5 Å². The quantitative estimate of drug-likeness (QED) is 0.185. The van der Waals surface area contributed by atoms with Gasteiger partial charge in [-0.05, 0) is 79.4 Å². The molecule has 0 unspecified atom stereocenters. The molecule has 1 amide bonds. The fraction of sp³-hybridized carbons (Fsp3) is 0.207. The van der Waals surface area contributed by atoms with Crippen LogP contribution in [0.2, 0.25) is 5.02 Å². The number of Topliss-reactive ketones (excluding diaryl/α,β-unsaturated/α-hetero) is 1. The lowest BCUT2D eigenvalue weighted by Gasteiger charge is -2.23. The molecule has 6 rings (SSSR count). The molecule has 6 nitrogen and oxygen atoms in total. The van der Waals surface area contributed by atoms with Crippen LogP contribution in [0.15, 0.2) is 60.2 Å². The molecular weight excluding hydrogens is 508 g/mol. The van der Waals surface area contributed by atoms with Crippen molar-refractivity contribution in [2.24, 2.45) is 0 Å². The number of thiazole rings is 1. The van der Waals surface area contributed by atoms with Crippen LogP contribution in [0.3, 0.4) is 0 Å². The number of benzene rings is 3. The summed E-state index contributed by atoms with van der Waals surface area (Å²) in [6.07, 6.45) is 0.739. The minimum absolute atomic E-state index is 0.00587. The first-order valence-corrected chi connectivity index (χ1v) is 13.1. The van der Waals surface area contributed by atoms with E-state index in [1.54, 1.807) is 36.4 Å². The minimum atomic E-state index is -0.885. The molecule has 1 saturated heterocycles. The van der Waals surface area contributed by atoms with Crippen molar-refractivity contribution in [2.75, 3.05) is 4.90 Å². The van der Waals surface area contributed by atoms with E-state index in [1.165, 1.54) is 16.2 Å². The lowest BCUT2D eigenvalue weighted by atomic mass is 9.94. The number of carbonyl (C=O) groups is 2. The predicted molar refractivity (Wildman–Crippen MR) is 146 cm³/mol. The van der Waals surface area contributed by atoms with Crippen molar-refractivity contribution in [2.45, 2.75) is 39.3 Å². The number of anilines is 1. The molecule has 0 radical (unpaired) electrons. The lowest BCUT2D eigenvalue weighted by Crippen LogP contribution is -2.29. The number of carbonyl (C=O) groups excluding carboxylic acids is 2. The number of aliphatic hydroxyl groups excluding tert-OH is 1. The van der Waals surface area contributed by atoms with Crippen LogP contribution < -0.4 is 9.64 Å². The fourth-order valence-electron chi connectivity index (χ4n) is 5.21. The molecule has 1 N–H and O–H groups in total. The number of halogens is 1. The Balaban J connectivity index is 1.55. The molecule has 1 aromatic heterocycles. The summed E-state index contributed by atoms with van der Waals surface area (Å²) in [5, 5.41) is 12.3. The maximum Gasteiger partial charge on any atom is 0.301 e. The largest absolute Gasteiger partial charge is 0.507 e. The number of aromatic nitrogens is 1. The van der Waals surface area contributed by atoms with E-state index in [9.17, 15) is 14.7 Å². The molecule has 3 heterocycles. The number of aliphatic hydroxyl groups is 1. The van der Waals surface area contributed by atoms with Crippen molar-refractivity contribution in [3.05, 3.63) is 93.0 Å². The molecule has 0 bridgehead atoms. The third kappa shape index (κ3) is 3.90. The normalized spacial score (nSPS) is 20.5. The van der Waals surface area contributed by atoms with Crippen molar-refractivity contribution >= 4 is 55.7 Å². The average Bonchev–Trinajstić information content (AvgIpc) is 3.51. The summed E-state index contributed by atoms with van der Waals surface area (Å²) in [5.74, 6) is -0.977. The molecule has 0 saturated carbocycles. The summed E-state index contributed by atoms with van der Waals surface area (Å²) in [6.45, 7) is 5.96. The molecule has 3 aromatic carbocycles. The standard InChI is InChI=1S/C29H23ClN2O4S/c1-14-9-15(2)24-22(10-14)37-29(31-24)32-25(17-5-4-6-20(30)13-17)23(27(34)28(32)35)26(33)18-7-8-21-19(12-18)11-16(3)36-21/h4-10,12-13,16,25,33H,11H2,1-3H3/b26-23+/t16-,25-/m1/s1. The highest BCUT2D eigenvalue weighted by Crippen LogP contribution is 2.45. The Hall–Kier alpha value is -3.68. The van der Waals surface area contributed by atoms with E-state index in [4.69, 9.17) is 21.3 Å². The highest BCUT2D eigenvalue weighted by Gasteiger charge is 2.48. The summed E-state index contributed by atoms with van der Waals surface area (Å²) >= 11 is 7.67. The summed E-state index contributed by atoms with van der Waals surface area (Å²) in [4.78, 5) is 33.2. The molecular formula is C29H23ClN2O4S. The van der Waals surface area contributed by atoms with Crippen LogP contribution in [0, 0.1) is 13.8 Å². The number of ether oxygens (including phenoxy) is 1. The minimum Gasteiger partial charge on any atom is -0.507 e. The molecule has 1 fully saturated rings. The van der Waals surface area contributed by atoms with E-state index in [1.807, 2.05) is 39.0 Å². The number of ketones is 1. The second kappa shape index (κ2) is 8.71. The van der Waals surface area contributed by atoms with Crippen LogP contribution in [-0.4, -0.2) is 27.9 Å². The third-order valence-corrected chi connectivity index (χ3v) is 8.04. The number of rotatable bonds is 3. The Kier molecular flexibility index (Phi) is 5.58. The average molecular weight is 531 g/mol. The maximum atomic E-state index is 13.5. The summed E-state index contributed by atoms with van der Waals surface area (Å²) in [5.41, 5.74) is 4.88. The first kappa shape index (κ1) is 23.7. The molecule has 0 aliphatic carbocycles. The summed E-state index contributed by atoms with van der Waals surface area (Å²) in [6, 6.07) is 15.5. The zero-order chi connectivity index (χ0) is 26.0. The van der Waals surface area contributed by atoms with Gasteiger partial charge >= 0.3 is 5.91 Å². The van der Waals surface area contributed by atoms with Crippen molar-refractivity contribution in [1.29, 1.82) is 0 Å². The van der Waals surface area contributed by atoms with Gasteiger partial charge in [0.2, 0.25) is 0 Å². The first-order valence-electron chi connectivity index (χ1n) is 12.0. The van der Waals surface area contributed by atoms with Crippen molar-refractivity contribution in [1.82, 2.24) is 4.98 Å². The summed E-state index contributed by atoms with van der Waals surface area (Å²) < 4.78 is 6.71. The fourth-order valence-corrected chi connectivity index (χ4v) is 6.58. The third-order valence-electron chi connectivity index (χ3n) is 6.80. The van der Waals surface area contributed by atoms with Crippen LogP contribution in [0.1, 0.15) is 40.8 Å². The van der Waals surface area contributed by atoms with Gasteiger partial charge in [0, 0.05) is 17.0 Å². The van der Waals surface area contributed by atoms with E-state index in [-0.39, 0.29) is 17.4 Å². The lowest BCUT2D eigenvalue weighted by molar-refractivity contribution is -0.132. The molecule has 2 atom stereocenters. The van der Waals surface area contributed by atoms with Crippen LogP contribution in [0.25, 0.3) is 16.0 Å². The van der Waals surface area contributed by atoms with Gasteiger partial charge in [-0.25, -0.2) is 4.98 Å². The van der Waals surface area contributed by atoms with Crippen molar-refractivity contribution in [3.8, 4) is 5.75 Å². The number of nitrogens with zero attached hydrogens (tertiary/aromatic N) is 2. The molecule has 0 spiro atoms. The van der Waals surface area contributed by atoms with E-state index in [2.05, 4.69) is 0 Å². The molecule has 37 heavy (non-hydrogen) atoms. The van der Waals surface area contributed by atoms with Gasteiger partial charge in [0.15, 0.2) is 5.13 Å². The smallest absolute Gasteiger partial charge is 0.301 e. The summed E-state index contributed by atoms with van der Waals surface area (Å²) in [7, 11) is 0. The van der Waals surface area contributed by atoms with E-state index in [0.29, 0.717) is 27.7 Å². The molecule has 8 heteroatoms. The zero-order valence-electron chi connectivity index (χ0n) is 20.4. The Labute approximate surface area is 222 Å². The monoisotopic (exact) mass is 530 g/mol. The van der Waals surface area contributed by atoms with E-state index >= 15 is 0 Å². The van der Waals surface area contributed by atoms with Gasteiger partial charge < -0.3 is 9.84 Å². The highest BCUT2D eigenvalue weighted by molar-refractivity contribution is 7.22. The first-order chi connectivity index (χ1) is 17.7. The molecule has 4 aromatic rings. The Bertz CT molecular complexity index is 1660. The predicted octanol–water partition coefficient (Wildman–Crippen LogP) is 6.52. The van der Waals surface area contributed by atoms with Gasteiger partial charge in [-0.1, -0.05) is 41.1 Å². The second-order valence-electron chi connectivity index (χ2n) is 9.60. The van der Waals surface area contributed by atoms with Crippen LogP contribution in [0.5, 0.6) is 5.75 Å².